The molecule has 7 nitrogen and oxygen atoms in total. The minimum atomic E-state index is -0.554. The molecule has 2 rings (SSSR count). The summed E-state index contributed by atoms with van der Waals surface area (Å²) in [6.07, 6.45) is 3.12. The van der Waals surface area contributed by atoms with Crippen molar-refractivity contribution in [1.82, 2.24) is 4.90 Å². The molecule has 0 aromatic heterocycles. The second kappa shape index (κ2) is 11.7. The van der Waals surface area contributed by atoms with Crippen LogP contribution in [0.1, 0.15) is 37.0 Å². The average Bonchev–Trinajstić information content (AvgIpc) is 3.20. The molecule has 1 fully saturated rings. The highest BCUT2D eigenvalue weighted by molar-refractivity contribution is 9.11. The largest absolute Gasteiger partial charge is 0.493 e. The summed E-state index contributed by atoms with van der Waals surface area (Å²) in [6.45, 7) is 4.80. The number of rotatable bonds is 10. The number of likely N-dealkylation sites (tertiary alicyclic amines) is 1. The number of halogens is 1. The molecule has 0 radical (unpaired) electrons. The van der Waals surface area contributed by atoms with Crippen molar-refractivity contribution in [3.05, 3.63) is 39.1 Å². The monoisotopic (exact) mass is 504 g/mol. The Morgan fingerprint density at radius 3 is 2.62 bits per heavy atom. The standard InChI is InChI=1S/C19H25BrN2O5S2/c1-4-28-19(29-5-2)14-7-6-9-21(14)18(23)13-11-16(26-3)17(27-10-8-20)12-15(13)22(24)25/h8,10-12,14,19H,4-7,9H2,1-3H3/b10-8+/t14-/m0/s1. The molecule has 0 aliphatic carbocycles. The maximum Gasteiger partial charge on any atom is 0.286 e. The van der Waals surface area contributed by atoms with Crippen molar-refractivity contribution in [2.75, 3.05) is 25.2 Å². The summed E-state index contributed by atoms with van der Waals surface area (Å²) in [5.41, 5.74) is -0.266. The summed E-state index contributed by atoms with van der Waals surface area (Å²) >= 11 is 6.73. The van der Waals surface area contributed by atoms with Crippen molar-refractivity contribution in [2.24, 2.45) is 0 Å². The first-order chi connectivity index (χ1) is 14.0. The van der Waals surface area contributed by atoms with Gasteiger partial charge in [-0.2, -0.15) is 0 Å². The van der Waals surface area contributed by atoms with E-state index in [0.717, 1.165) is 24.3 Å². The van der Waals surface area contributed by atoms with Gasteiger partial charge in [-0.05, 0) is 24.3 Å². The predicted octanol–water partition coefficient (Wildman–Crippen LogP) is 5.29. The van der Waals surface area contributed by atoms with Crippen molar-refractivity contribution >= 4 is 51.0 Å². The number of carbonyl (C=O) groups excluding carboxylic acids is 1. The van der Waals surface area contributed by atoms with Crippen LogP contribution >= 0.6 is 39.5 Å². The molecule has 1 saturated heterocycles. The summed E-state index contributed by atoms with van der Waals surface area (Å²) < 4.78 is 10.9. The van der Waals surface area contributed by atoms with Gasteiger partial charge in [0, 0.05) is 17.6 Å². The topological polar surface area (TPSA) is 81.9 Å². The molecule has 1 aliphatic rings. The third-order valence-corrected chi connectivity index (χ3v) is 7.48. The molecular weight excluding hydrogens is 480 g/mol. The minimum Gasteiger partial charge on any atom is -0.493 e. The highest BCUT2D eigenvalue weighted by atomic mass is 79.9. The molecule has 1 aliphatic heterocycles. The third kappa shape index (κ3) is 5.82. The first-order valence-electron chi connectivity index (χ1n) is 9.30. The minimum absolute atomic E-state index is 0.0238. The zero-order valence-corrected chi connectivity index (χ0v) is 19.8. The van der Waals surface area contributed by atoms with Gasteiger partial charge in [-0.3, -0.25) is 14.9 Å². The molecule has 1 heterocycles. The van der Waals surface area contributed by atoms with Crippen LogP contribution in [-0.4, -0.2) is 51.5 Å². The lowest BCUT2D eigenvalue weighted by molar-refractivity contribution is -0.385. The van der Waals surface area contributed by atoms with E-state index in [9.17, 15) is 14.9 Å². The summed E-state index contributed by atoms with van der Waals surface area (Å²) in [6, 6.07) is 2.70. The molecule has 1 aromatic rings. The molecule has 29 heavy (non-hydrogen) atoms. The molecule has 160 valence electrons. The Labute approximate surface area is 187 Å². The van der Waals surface area contributed by atoms with Crippen LogP contribution in [0.25, 0.3) is 0 Å². The fourth-order valence-corrected chi connectivity index (χ4v) is 6.28. The van der Waals surface area contributed by atoms with E-state index in [1.807, 2.05) is 23.5 Å². The second-order valence-electron chi connectivity index (χ2n) is 6.14. The Balaban J connectivity index is 2.43. The number of hydrogen-bond donors (Lipinski definition) is 0. The summed E-state index contributed by atoms with van der Waals surface area (Å²) in [5, 5.41) is 11.7. The smallest absolute Gasteiger partial charge is 0.286 e. The van der Waals surface area contributed by atoms with Gasteiger partial charge in [0.15, 0.2) is 11.5 Å². The van der Waals surface area contributed by atoms with Crippen LogP contribution < -0.4 is 9.47 Å². The molecule has 0 bridgehead atoms. The Kier molecular flexibility index (Phi) is 9.64. The molecule has 0 unspecified atom stereocenters. The predicted molar refractivity (Wildman–Crippen MR) is 122 cm³/mol. The quantitative estimate of drug-likeness (QED) is 0.185. The lowest BCUT2D eigenvalue weighted by Gasteiger charge is -2.31. The fourth-order valence-electron chi connectivity index (χ4n) is 3.30. The fraction of sp³-hybridized carbons (Fsp3) is 0.526. The van der Waals surface area contributed by atoms with Gasteiger partial charge < -0.3 is 14.4 Å². The normalized spacial score (nSPS) is 16.6. The van der Waals surface area contributed by atoms with Gasteiger partial charge in [0.1, 0.15) is 5.56 Å². The highest BCUT2D eigenvalue weighted by Gasteiger charge is 2.38. The van der Waals surface area contributed by atoms with Crippen molar-refractivity contribution in [3.8, 4) is 11.5 Å². The van der Waals surface area contributed by atoms with E-state index in [4.69, 9.17) is 9.47 Å². The number of nitro groups is 1. The van der Waals surface area contributed by atoms with E-state index >= 15 is 0 Å². The van der Waals surface area contributed by atoms with Gasteiger partial charge in [0.25, 0.3) is 11.6 Å². The number of benzene rings is 1. The Bertz CT molecular complexity index is 756. The first-order valence-corrected chi connectivity index (χ1v) is 12.3. The maximum atomic E-state index is 13.4. The van der Waals surface area contributed by atoms with Crippen LogP contribution in [-0.2, 0) is 0 Å². The van der Waals surface area contributed by atoms with Crippen LogP contribution in [0.5, 0.6) is 11.5 Å². The number of carbonyl (C=O) groups is 1. The molecule has 1 atom stereocenters. The Morgan fingerprint density at radius 1 is 1.38 bits per heavy atom. The lowest BCUT2D eigenvalue weighted by atomic mass is 10.1. The van der Waals surface area contributed by atoms with Crippen LogP contribution in [0.4, 0.5) is 5.69 Å². The van der Waals surface area contributed by atoms with Crippen LogP contribution in [0.3, 0.4) is 0 Å². The zero-order valence-electron chi connectivity index (χ0n) is 16.6. The third-order valence-electron chi connectivity index (χ3n) is 4.49. The van der Waals surface area contributed by atoms with Crippen molar-refractivity contribution in [2.45, 2.75) is 37.3 Å². The Morgan fingerprint density at radius 2 is 2.07 bits per heavy atom. The van der Waals surface area contributed by atoms with Crippen molar-refractivity contribution in [1.29, 1.82) is 0 Å². The number of hydrogen-bond acceptors (Lipinski definition) is 7. The molecule has 10 heteroatoms. The maximum absolute atomic E-state index is 13.4. The SMILES string of the molecule is CCSC(SCC)[C@@H]1CCCN1C(=O)c1cc(OC)c(O/C=C/Br)cc1[N+](=O)[O-]. The number of thioether (sulfide) groups is 2. The van der Waals surface area contributed by atoms with Crippen molar-refractivity contribution in [3.63, 3.8) is 0 Å². The van der Waals surface area contributed by atoms with Gasteiger partial charge in [-0.15, -0.1) is 23.5 Å². The second-order valence-corrected chi connectivity index (χ2v) is 9.81. The van der Waals surface area contributed by atoms with Gasteiger partial charge in [-0.1, -0.05) is 29.8 Å². The van der Waals surface area contributed by atoms with Crippen molar-refractivity contribution < 1.29 is 19.2 Å². The molecule has 0 saturated carbocycles. The molecule has 1 amide bonds. The van der Waals surface area contributed by atoms with Gasteiger partial charge in [0.2, 0.25) is 0 Å². The van der Waals surface area contributed by atoms with E-state index in [1.165, 1.54) is 30.5 Å². The van der Waals surface area contributed by atoms with Crippen LogP contribution in [0, 0.1) is 10.1 Å². The molecular formula is C19H25BrN2O5S2. The van der Waals surface area contributed by atoms with Gasteiger partial charge in [0.05, 0.1) is 35.0 Å². The van der Waals surface area contributed by atoms with Gasteiger partial charge >= 0.3 is 0 Å². The molecule has 1 aromatic carbocycles. The Hall–Kier alpha value is -1.39. The average molecular weight is 505 g/mol. The number of ether oxygens (including phenoxy) is 2. The van der Waals surface area contributed by atoms with Gasteiger partial charge in [-0.25, -0.2) is 0 Å². The van der Waals surface area contributed by atoms with E-state index in [2.05, 4.69) is 29.8 Å². The van der Waals surface area contributed by atoms with E-state index in [-0.39, 0.29) is 39.3 Å². The number of nitrogens with zero attached hydrogens (tertiary/aromatic N) is 2. The number of amides is 1. The summed E-state index contributed by atoms with van der Waals surface area (Å²) in [7, 11) is 1.44. The number of nitro benzene ring substituents is 1. The van der Waals surface area contributed by atoms with Crippen LogP contribution in [0.2, 0.25) is 0 Å². The van der Waals surface area contributed by atoms with E-state index in [0.29, 0.717) is 6.54 Å². The zero-order chi connectivity index (χ0) is 21.4. The first kappa shape index (κ1) is 23.9. The summed E-state index contributed by atoms with van der Waals surface area (Å²) in [4.78, 5) is 27.8. The summed E-state index contributed by atoms with van der Waals surface area (Å²) in [5.74, 6) is 2.01. The highest BCUT2D eigenvalue weighted by Crippen LogP contribution is 2.39. The molecule has 0 N–H and O–H groups in total. The van der Waals surface area contributed by atoms with E-state index < -0.39 is 4.92 Å². The lowest BCUT2D eigenvalue weighted by Crippen LogP contribution is -2.41. The van der Waals surface area contributed by atoms with Crippen LogP contribution in [0.15, 0.2) is 23.4 Å². The van der Waals surface area contributed by atoms with E-state index in [1.54, 1.807) is 4.90 Å². The number of methoxy groups -OCH3 is 1. The molecule has 0 spiro atoms.